The maximum atomic E-state index is 13.0. The summed E-state index contributed by atoms with van der Waals surface area (Å²) in [7, 11) is 0. The van der Waals surface area contributed by atoms with E-state index in [-0.39, 0.29) is 17.7 Å². The van der Waals surface area contributed by atoms with Gasteiger partial charge in [-0.15, -0.1) is 0 Å². The van der Waals surface area contributed by atoms with Gasteiger partial charge in [-0.25, -0.2) is 0 Å². The molecule has 0 bridgehead atoms. The molecule has 0 aliphatic carbocycles. The lowest BCUT2D eigenvalue weighted by Crippen LogP contribution is -2.45. The van der Waals surface area contributed by atoms with E-state index in [0.717, 1.165) is 41.3 Å². The summed E-state index contributed by atoms with van der Waals surface area (Å²) in [5.41, 5.74) is 4.57. The van der Waals surface area contributed by atoms with Gasteiger partial charge in [0.1, 0.15) is 0 Å². The van der Waals surface area contributed by atoms with Crippen LogP contribution in [0.4, 0.5) is 0 Å². The van der Waals surface area contributed by atoms with E-state index >= 15 is 0 Å². The Morgan fingerprint density at radius 2 is 1.81 bits per heavy atom. The van der Waals surface area contributed by atoms with Gasteiger partial charge in [0, 0.05) is 19.6 Å². The van der Waals surface area contributed by atoms with Crippen LogP contribution >= 0.6 is 0 Å². The molecule has 31 heavy (non-hydrogen) atoms. The van der Waals surface area contributed by atoms with Crippen LogP contribution < -0.4 is 5.32 Å². The maximum Gasteiger partial charge on any atom is 0.227 e. The summed E-state index contributed by atoms with van der Waals surface area (Å²) >= 11 is 0. The van der Waals surface area contributed by atoms with Gasteiger partial charge in [0.05, 0.1) is 12.3 Å². The molecule has 1 N–H and O–H groups in total. The van der Waals surface area contributed by atoms with Gasteiger partial charge in [-0.3, -0.25) is 9.59 Å². The number of benzene rings is 3. The van der Waals surface area contributed by atoms with Crippen LogP contribution in [0.5, 0.6) is 0 Å². The van der Waals surface area contributed by atoms with Gasteiger partial charge >= 0.3 is 0 Å². The van der Waals surface area contributed by atoms with Crippen LogP contribution in [0.2, 0.25) is 0 Å². The van der Waals surface area contributed by atoms with Gasteiger partial charge in [0.15, 0.2) is 0 Å². The second-order valence-corrected chi connectivity index (χ2v) is 8.64. The second kappa shape index (κ2) is 9.34. The number of fused-ring (bicyclic) bond motifs is 1. The fraction of sp³-hybridized carbons (Fsp3) is 0.333. The molecule has 0 saturated carbocycles. The van der Waals surface area contributed by atoms with Crippen LogP contribution in [0.15, 0.2) is 60.7 Å². The maximum absolute atomic E-state index is 13.0. The summed E-state index contributed by atoms with van der Waals surface area (Å²) in [6.45, 7) is 5.89. The quantitative estimate of drug-likeness (QED) is 0.666. The third-order valence-electron chi connectivity index (χ3n) is 6.32. The average Bonchev–Trinajstić information content (AvgIpc) is 2.79. The van der Waals surface area contributed by atoms with Gasteiger partial charge in [-0.05, 0) is 54.2 Å². The number of carbonyl (C=O) groups is 2. The normalized spacial score (nSPS) is 16.3. The largest absolute Gasteiger partial charge is 0.352 e. The van der Waals surface area contributed by atoms with E-state index in [9.17, 15) is 9.59 Å². The zero-order valence-electron chi connectivity index (χ0n) is 18.4. The van der Waals surface area contributed by atoms with Crippen molar-refractivity contribution in [1.29, 1.82) is 0 Å². The Kier molecular flexibility index (Phi) is 6.36. The van der Waals surface area contributed by atoms with Crippen LogP contribution in [0, 0.1) is 19.8 Å². The molecule has 0 aromatic heterocycles. The number of nitrogens with one attached hydrogen (secondary N) is 1. The minimum atomic E-state index is -0.143. The second-order valence-electron chi connectivity index (χ2n) is 8.64. The standard InChI is InChI=1S/C27H30N2O2/c1-19-12-13-20(2)24(15-19)17-28-27(31)23-10-6-14-29(18-23)26(30)16-22-9-5-8-21-7-3-4-11-25(21)22/h3-5,7-9,11-13,15,23H,6,10,14,16-18H2,1-2H3,(H,28,31)/t23-/m0/s1. The summed E-state index contributed by atoms with van der Waals surface area (Å²) in [5.74, 6) is 0.00211. The minimum absolute atomic E-state index is 0.0450. The first-order chi connectivity index (χ1) is 15.0. The number of aryl methyl sites for hydroxylation is 2. The molecular formula is C27H30N2O2. The molecule has 0 spiro atoms. The predicted octanol–water partition coefficient (Wildman–Crippen LogP) is 4.55. The molecule has 1 fully saturated rings. The van der Waals surface area contributed by atoms with Gasteiger partial charge in [0.2, 0.25) is 11.8 Å². The smallest absolute Gasteiger partial charge is 0.227 e. The third-order valence-corrected chi connectivity index (χ3v) is 6.32. The molecule has 3 aromatic rings. The number of carbonyl (C=O) groups excluding carboxylic acids is 2. The van der Waals surface area contributed by atoms with Crippen molar-refractivity contribution < 1.29 is 9.59 Å². The molecule has 4 nitrogen and oxygen atoms in total. The first-order valence-electron chi connectivity index (χ1n) is 11.1. The van der Waals surface area contributed by atoms with Crippen molar-refractivity contribution in [1.82, 2.24) is 10.2 Å². The van der Waals surface area contributed by atoms with Crippen molar-refractivity contribution in [3.8, 4) is 0 Å². The highest BCUT2D eigenvalue weighted by Gasteiger charge is 2.28. The van der Waals surface area contributed by atoms with Crippen molar-refractivity contribution in [2.45, 2.75) is 39.7 Å². The topological polar surface area (TPSA) is 49.4 Å². The van der Waals surface area contributed by atoms with Gasteiger partial charge in [-0.1, -0.05) is 66.2 Å². The van der Waals surface area contributed by atoms with Crippen molar-refractivity contribution >= 4 is 22.6 Å². The lowest BCUT2D eigenvalue weighted by molar-refractivity contribution is -0.135. The fourth-order valence-electron chi connectivity index (χ4n) is 4.46. The van der Waals surface area contributed by atoms with Crippen molar-refractivity contribution in [2.75, 3.05) is 13.1 Å². The minimum Gasteiger partial charge on any atom is -0.352 e. The van der Waals surface area contributed by atoms with E-state index in [4.69, 9.17) is 0 Å². The number of likely N-dealkylation sites (tertiary alicyclic amines) is 1. The average molecular weight is 415 g/mol. The molecule has 1 aliphatic heterocycles. The Hall–Kier alpha value is -3.14. The Morgan fingerprint density at radius 1 is 1.00 bits per heavy atom. The molecule has 1 aliphatic rings. The highest BCUT2D eigenvalue weighted by atomic mass is 16.2. The highest BCUT2D eigenvalue weighted by molar-refractivity contribution is 5.90. The fourth-order valence-corrected chi connectivity index (χ4v) is 4.46. The predicted molar refractivity (Wildman–Crippen MR) is 125 cm³/mol. The molecule has 3 aromatic carbocycles. The highest BCUT2D eigenvalue weighted by Crippen LogP contribution is 2.22. The Bertz CT molecular complexity index is 1100. The molecule has 0 unspecified atom stereocenters. The number of hydrogen-bond donors (Lipinski definition) is 1. The van der Waals surface area contributed by atoms with E-state index < -0.39 is 0 Å². The van der Waals surface area contributed by atoms with Crippen LogP contribution in [0.1, 0.15) is 35.1 Å². The van der Waals surface area contributed by atoms with E-state index in [2.05, 4.69) is 55.6 Å². The van der Waals surface area contributed by atoms with Crippen molar-refractivity contribution in [2.24, 2.45) is 5.92 Å². The third kappa shape index (κ3) is 4.96. The molecule has 1 heterocycles. The van der Waals surface area contributed by atoms with E-state index in [1.165, 1.54) is 11.1 Å². The first kappa shape index (κ1) is 21.1. The van der Waals surface area contributed by atoms with Gasteiger partial charge in [0.25, 0.3) is 0 Å². The first-order valence-corrected chi connectivity index (χ1v) is 11.1. The summed E-state index contributed by atoms with van der Waals surface area (Å²) < 4.78 is 0. The molecule has 1 saturated heterocycles. The summed E-state index contributed by atoms with van der Waals surface area (Å²) in [6, 6.07) is 20.6. The molecule has 4 heteroatoms. The number of piperidine rings is 1. The molecular weight excluding hydrogens is 384 g/mol. The van der Waals surface area contributed by atoms with E-state index in [1.807, 2.05) is 29.2 Å². The molecule has 2 amide bonds. The Balaban J connectivity index is 1.38. The molecule has 0 radical (unpaired) electrons. The van der Waals surface area contributed by atoms with Crippen molar-refractivity contribution in [3.05, 3.63) is 82.9 Å². The van der Waals surface area contributed by atoms with Crippen LogP contribution in [0.3, 0.4) is 0 Å². The Labute approximate surface area is 184 Å². The zero-order valence-corrected chi connectivity index (χ0v) is 18.4. The number of nitrogens with zero attached hydrogens (tertiary/aromatic N) is 1. The lowest BCUT2D eigenvalue weighted by atomic mass is 9.95. The Morgan fingerprint density at radius 3 is 2.68 bits per heavy atom. The van der Waals surface area contributed by atoms with E-state index in [1.54, 1.807) is 0 Å². The monoisotopic (exact) mass is 414 g/mol. The lowest BCUT2D eigenvalue weighted by Gasteiger charge is -2.32. The van der Waals surface area contributed by atoms with Crippen LogP contribution in [0.25, 0.3) is 10.8 Å². The molecule has 4 rings (SSSR count). The SMILES string of the molecule is Cc1ccc(C)c(CNC(=O)[C@H]2CCCN(C(=O)Cc3cccc4ccccc34)C2)c1. The number of amides is 2. The van der Waals surface area contributed by atoms with Gasteiger partial charge < -0.3 is 10.2 Å². The summed E-state index contributed by atoms with van der Waals surface area (Å²) in [6.07, 6.45) is 2.07. The molecule has 160 valence electrons. The zero-order chi connectivity index (χ0) is 21.8. The summed E-state index contributed by atoms with van der Waals surface area (Å²) in [4.78, 5) is 27.7. The van der Waals surface area contributed by atoms with E-state index in [0.29, 0.717) is 19.5 Å². The molecule has 1 atom stereocenters. The van der Waals surface area contributed by atoms with Crippen LogP contribution in [-0.4, -0.2) is 29.8 Å². The van der Waals surface area contributed by atoms with Gasteiger partial charge in [-0.2, -0.15) is 0 Å². The van der Waals surface area contributed by atoms with Crippen molar-refractivity contribution in [3.63, 3.8) is 0 Å². The number of rotatable bonds is 5. The van der Waals surface area contributed by atoms with Crippen LogP contribution in [-0.2, 0) is 22.6 Å². The summed E-state index contributed by atoms with van der Waals surface area (Å²) in [5, 5.41) is 5.36. The number of hydrogen-bond acceptors (Lipinski definition) is 2.